The zero-order valence-corrected chi connectivity index (χ0v) is 35.9. The van der Waals surface area contributed by atoms with Crippen molar-refractivity contribution >= 4 is 44.6 Å². The Morgan fingerprint density at radius 1 is 1.09 bits per heavy atom. The molecule has 1 aromatic carbocycles. The summed E-state index contributed by atoms with van der Waals surface area (Å²) in [5, 5.41) is 7.12. The van der Waals surface area contributed by atoms with Crippen LogP contribution in [0.4, 0.5) is 4.79 Å². The highest BCUT2D eigenvalue weighted by molar-refractivity contribution is 7.91. The highest BCUT2D eigenvalue weighted by atomic mass is 32.2. The third-order valence-corrected chi connectivity index (χ3v) is 13.7. The monoisotopic (exact) mass is 825 g/mol. The summed E-state index contributed by atoms with van der Waals surface area (Å²) in [7, 11) is -2.45. The number of methoxy groups -OCH3 is 1. The zero-order chi connectivity index (χ0) is 42.4. The molecule has 1 saturated heterocycles. The van der Waals surface area contributed by atoms with Crippen molar-refractivity contribution in [2.75, 3.05) is 13.7 Å². The normalized spacial score (nSPS) is 29.2. The number of amides is 4. The number of rotatable bonds is 9. The van der Waals surface area contributed by atoms with Crippen LogP contribution in [-0.2, 0) is 29.1 Å². The van der Waals surface area contributed by atoms with Crippen molar-refractivity contribution in [1.29, 1.82) is 0 Å². The number of sulfonamides is 1. The molecular weight excluding hydrogens is 767 g/mol. The zero-order valence-electron chi connectivity index (χ0n) is 35.0. The van der Waals surface area contributed by atoms with Crippen LogP contribution in [0.1, 0.15) is 100 Å². The number of hydrogen-bond acceptors (Lipinski definition) is 11. The first kappa shape index (κ1) is 43.0. The Morgan fingerprint density at radius 3 is 2.47 bits per heavy atom. The van der Waals surface area contributed by atoms with E-state index in [4.69, 9.17) is 18.9 Å². The van der Waals surface area contributed by atoms with Crippen LogP contribution >= 0.6 is 0 Å². The SMILES string of the molecule is COc1ccc2c(O[C@@H]3C[C@H]4C(=O)N[C@]5(C(=O)NS(=O)(=O)C6(C)CC6)CC5/C=C\CC[C@@H](C)C[C@@H](C)[C@H](NC(=O)OC(C)(C)C)C(=O)N4C3)nc(OC(C)C)cc2c1. The Morgan fingerprint density at radius 2 is 1.81 bits per heavy atom. The second-order valence-electron chi connectivity index (χ2n) is 18.1. The summed E-state index contributed by atoms with van der Waals surface area (Å²) in [5.41, 5.74) is -2.38. The molecule has 3 fully saturated rings. The van der Waals surface area contributed by atoms with Gasteiger partial charge in [0.1, 0.15) is 35.1 Å². The Bertz CT molecular complexity index is 2060. The molecule has 2 saturated carbocycles. The van der Waals surface area contributed by atoms with Gasteiger partial charge >= 0.3 is 6.09 Å². The molecule has 3 N–H and O–H groups in total. The van der Waals surface area contributed by atoms with Gasteiger partial charge in [0, 0.05) is 23.8 Å². The fraction of sp³-hybridized carbons (Fsp3) is 0.643. The first-order valence-corrected chi connectivity index (χ1v) is 21.8. The van der Waals surface area contributed by atoms with E-state index in [9.17, 15) is 27.6 Å². The number of carbonyl (C=O) groups is 4. The lowest BCUT2D eigenvalue weighted by molar-refractivity contribution is -0.142. The molecule has 318 valence electrons. The number of aromatic nitrogens is 1. The van der Waals surface area contributed by atoms with Gasteiger partial charge in [-0.2, -0.15) is 4.98 Å². The third kappa shape index (κ3) is 9.47. The van der Waals surface area contributed by atoms with Crippen molar-refractivity contribution in [2.45, 2.75) is 141 Å². The van der Waals surface area contributed by atoms with E-state index in [0.29, 0.717) is 42.7 Å². The van der Waals surface area contributed by atoms with Gasteiger partial charge in [0.15, 0.2) is 0 Å². The van der Waals surface area contributed by atoms with Crippen LogP contribution in [0, 0.1) is 17.8 Å². The summed E-state index contributed by atoms with van der Waals surface area (Å²) in [4.78, 5) is 62.9. The van der Waals surface area contributed by atoms with Gasteiger partial charge in [-0.05, 0) is 115 Å². The van der Waals surface area contributed by atoms with Crippen LogP contribution in [-0.4, -0.2) is 95.9 Å². The van der Waals surface area contributed by atoms with E-state index in [-0.39, 0.29) is 43.2 Å². The van der Waals surface area contributed by atoms with E-state index in [1.54, 1.807) is 46.9 Å². The summed E-state index contributed by atoms with van der Waals surface area (Å²) in [6.45, 7) is 14.4. The molecule has 7 atom stereocenters. The molecule has 6 rings (SSSR count). The average molecular weight is 826 g/mol. The van der Waals surface area contributed by atoms with Crippen LogP contribution < -0.4 is 29.6 Å². The van der Waals surface area contributed by atoms with E-state index < -0.39 is 73.8 Å². The van der Waals surface area contributed by atoms with Crippen LogP contribution in [0.5, 0.6) is 17.5 Å². The number of alkyl carbamates (subject to hydrolysis) is 1. The summed E-state index contributed by atoms with van der Waals surface area (Å²) in [5.74, 6) is -1.50. The number of allylic oxidation sites excluding steroid dienone is 1. The minimum absolute atomic E-state index is 0.00465. The maximum absolute atomic E-state index is 14.9. The molecule has 1 unspecified atom stereocenters. The second-order valence-corrected chi connectivity index (χ2v) is 20.3. The van der Waals surface area contributed by atoms with E-state index in [0.717, 1.165) is 11.8 Å². The molecule has 1 aromatic heterocycles. The Hall–Kier alpha value is -4.60. The fourth-order valence-corrected chi connectivity index (χ4v) is 9.20. The molecular formula is C42H59N5O10S. The van der Waals surface area contributed by atoms with Crippen molar-refractivity contribution in [3.8, 4) is 17.5 Å². The molecule has 3 heterocycles. The van der Waals surface area contributed by atoms with Gasteiger partial charge in [-0.15, -0.1) is 0 Å². The first-order chi connectivity index (χ1) is 27.1. The Labute approximate surface area is 341 Å². The standard InChI is InChI=1S/C42H59N5O10S/c1-24(2)55-33-20-27-19-29(54-9)14-15-31(27)36(43-33)56-30-21-32-35(48)45-42(38(50)46-58(52,53)41(8)16-17-41)22-28(42)13-11-10-12-25(3)18-26(4)34(37(49)47(32)23-30)44-39(51)57-40(5,6)7/h11,13-15,19-20,24-26,28,30,32,34H,10,12,16-18,21-23H2,1-9H3,(H,44,51)(H,45,48)(H,46,50)/b13-11-/t25-,26-,28?,30-,32+,34+,42-/m1/s1. The van der Waals surface area contributed by atoms with Crippen molar-refractivity contribution < 1.29 is 46.5 Å². The van der Waals surface area contributed by atoms with Gasteiger partial charge in [-0.25, -0.2) is 13.2 Å². The third-order valence-electron chi connectivity index (χ3n) is 11.5. The van der Waals surface area contributed by atoms with E-state index >= 15 is 0 Å². The van der Waals surface area contributed by atoms with Crippen LogP contribution in [0.3, 0.4) is 0 Å². The predicted molar refractivity (Wildman–Crippen MR) is 217 cm³/mol. The topological polar surface area (TPSA) is 192 Å². The molecule has 2 aliphatic carbocycles. The molecule has 0 radical (unpaired) electrons. The molecule has 58 heavy (non-hydrogen) atoms. The van der Waals surface area contributed by atoms with Crippen LogP contribution in [0.25, 0.3) is 10.8 Å². The lowest BCUT2D eigenvalue weighted by Crippen LogP contribution is -2.59. The highest BCUT2D eigenvalue weighted by Crippen LogP contribution is 2.48. The number of nitrogens with zero attached hydrogens (tertiary/aromatic N) is 2. The Kier molecular flexibility index (Phi) is 12.0. The van der Waals surface area contributed by atoms with Gasteiger partial charge in [0.2, 0.25) is 33.6 Å². The molecule has 16 heteroatoms. The number of benzene rings is 1. The van der Waals surface area contributed by atoms with Crippen LogP contribution in [0.2, 0.25) is 0 Å². The largest absolute Gasteiger partial charge is 0.497 e. The maximum atomic E-state index is 14.9. The van der Waals surface area contributed by atoms with Crippen molar-refractivity contribution in [3.05, 3.63) is 36.4 Å². The fourth-order valence-electron chi connectivity index (χ4n) is 7.89. The van der Waals surface area contributed by atoms with Gasteiger partial charge in [-0.1, -0.05) is 26.0 Å². The molecule has 4 amide bonds. The number of ether oxygens (including phenoxy) is 4. The summed E-state index contributed by atoms with van der Waals surface area (Å²) in [6.07, 6.45) is 5.15. The average Bonchev–Trinajstić information content (AvgIpc) is 4.00. The van der Waals surface area contributed by atoms with E-state index in [1.165, 1.54) is 4.90 Å². The maximum Gasteiger partial charge on any atom is 0.408 e. The lowest BCUT2D eigenvalue weighted by atomic mass is 9.88. The number of hydrogen-bond donors (Lipinski definition) is 3. The van der Waals surface area contributed by atoms with Crippen molar-refractivity contribution in [3.63, 3.8) is 0 Å². The first-order valence-electron chi connectivity index (χ1n) is 20.3. The van der Waals surface area contributed by atoms with Gasteiger partial charge in [0.05, 0.1) is 24.5 Å². The summed E-state index contributed by atoms with van der Waals surface area (Å²) in [6, 6.07) is 4.96. The van der Waals surface area contributed by atoms with Crippen LogP contribution in [0.15, 0.2) is 36.4 Å². The van der Waals surface area contributed by atoms with Gasteiger partial charge in [0.25, 0.3) is 5.91 Å². The van der Waals surface area contributed by atoms with E-state index in [2.05, 4.69) is 27.3 Å². The number of carbonyl (C=O) groups excluding carboxylic acids is 4. The molecule has 2 aliphatic heterocycles. The molecule has 0 bridgehead atoms. The minimum Gasteiger partial charge on any atom is -0.497 e. The second kappa shape index (κ2) is 16.2. The molecule has 15 nitrogen and oxygen atoms in total. The highest BCUT2D eigenvalue weighted by Gasteiger charge is 2.63. The van der Waals surface area contributed by atoms with Crippen molar-refractivity contribution in [1.82, 2.24) is 25.2 Å². The summed E-state index contributed by atoms with van der Waals surface area (Å²) < 4.78 is 51.3. The Balaban J connectivity index is 1.37. The van der Waals surface area contributed by atoms with E-state index in [1.807, 2.05) is 45.1 Å². The number of fused-ring (bicyclic) bond motifs is 3. The smallest absolute Gasteiger partial charge is 0.408 e. The summed E-state index contributed by atoms with van der Waals surface area (Å²) >= 11 is 0. The van der Waals surface area contributed by atoms with Gasteiger partial charge < -0.3 is 34.5 Å². The van der Waals surface area contributed by atoms with Gasteiger partial charge in [-0.3, -0.25) is 19.1 Å². The molecule has 0 spiro atoms. The van der Waals surface area contributed by atoms with Crippen molar-refractivity contribution in [2.24, 2.45) is 17.8 Å². The lowest BCUT2D eigenvalue weighted by Gasteiger charge is -2.33. The minimum atomic E-state index is -4.02. The molecule has 4 aliphatic rings. The number of pyridine rings is 1. The molecule has 2 aromatic rings. The number of nitrogens with one attached hydrogen (secondary N) is 3. The predicted octanol–water partition coefficient (Wildman–Crippen LogP) is 5.16. The quantitative estimate of drug-likeness (QED) is 0.283.